The summed E-state index contributed by atoms with van der Waals surface area (Å²) in [6.45, 7) is 7.00. The van der Waals surface area contributed by atoms with Crippen LogP contribution in [0.4, 0.5) is 0 Å². The number of ether oxygens (including phenoxy) is 3. The molecule has 1 aliphatic rings. The maximum Gasteiger partial charge on any atom is 0.263 e. The van der Waals surface area contributed by atoms with Crippen LogP contribution in [0.2, 0.25) is 0 Å². The number of nitrogens with zero attached hydrogens (tertiary/aromatic N) is 5. The van der Waals surface area contributed by atoms with E-state index < -0.39 is 5.56 Å². The number of fused-ring (bicyclic) bond motifs is 1. The van der Waals surface area contributed by atoms with Gasteiger partial charge in [0.15, 0.2) is 11.5 Å². The molecule has 11 nitrogen and oxygen atoms in total. The standard InChI is InChI=1S/C27H36N6O5/c1-18(2)29-23(34)17-33-26(22-7-5-8-24(30-22)37-4)31-25-21(27(33)35)15-20(16-28-25)38-14-6-11-32-12-9-19(36-3)10-13-32/h5,7-8,15-16,18-19H,6,9-14,17H2,1-4H3,(H,29,34). The Morgan fingerprint density at radius 2 is 1.97 bits per heavy atom. The number of hydrogen-bond donors (Lipinski definition) is 1. The van der Waals surface area contributed by atoms with Crippen LogP contribution in [-0.2, 0) is 16.1 Å². The van der Waals surface area contributed by atoms with E-state index in [2.05, 4.69) is 25.2 Å². The van der Waals surface area contributed by atoms with Crippen molar-refractivity contribution >= 4 is 16.9 Å². The minimum Gasteiger partial charge on any atom is -0.492 e. The zero-order chi connectivity index (χ0) is 27.1. The summed E-state index contributed by atoms with van der Waals surface area (Å²) in [5.41, 5.74) is 0.258. The van der Waals surface area contributed by atoms with Crippen LogP contribution in [0.1, 0.15) is 33.1 Å². The van der Waals surface area contributed by atoms with Crippen molar-refractivity contribution in [3.05, 3.63) is 40.8 Å². The number of pyridine rings is 2. The van der Waals surface area contributed by atoms with E-state index >= 15 is 0 Å². The molecule has 0 radical (unpaired) electrons. The molecule has 3 aromatic rings. The summed E-state index contributed by atoms with van der Waals surface area (Å²) in [5, 5.41) is 3.09. The van der Waals surface area contributed by atoms with E-state index in [1.54, 1.807) is 37.6 Å². The molecular formula is C27H36N6O5. The molecule has 3 aromatic heterocycles. The zero-order valence-electron chi connectivity index (χ0n) is 22.5. The Morgan fingerprint density at radius 3 is 2.68 bits per heavy atom. The lowest BCUT2D eigenvalue weighted by atomic mass is 10.1. The van der Waals surface area contributed by atoms with Crippen LogP contribution < -0.4 is 20.3 Å². The fraction of sp³-hybridized carbons (Fsp3) is 0.519. The number of piperidine rings is 1. The molecule has 0 atom stereocenters. The van der Waals surface area contributed by atoms with E-state index in [1.165, 1.54) is 11.7 Å². The van der Waals surface area contributed by atoms with Gasteiger partial charge in [0, 0.05) is 38.9 Å². The highest BCUT2D eigenvalue weighted by Gasteiger charge is 2.20. The smallest absolute Gasteiger partial charge is 0.263 e. The van der Waals surface area contributed by atoms with Crippen molar-refractivity contribution in [1.29, 1.82) is 0 Å². The summed E-state index contributed by atoms with van der Waals surface area (Å²) in [6, 6.07) is 6.73. The molecular weight excluding hydrogens is 488 g/mol. The van der Waals surface area contributed by atoms with Crippen molar-refractivity contribution in [3.8, 4) is 23.1 Å². The molecule has 4 rings (SSSR count). The quantitative estimate of drug-likeness (QED) is 0.377. The molecule has 204 valence electrons. The van der Waals surface area contributed by atoms with Crippen LogP contribution in [0.15, 0.2) is 35.3 Å². The Kier molecular flexibility index (Phi) is 9.24. The van der Waals surface area contributed by atoms with Crippen molar-refractivity contribution in [1.82, 2.24) is 29.7 Å². The highest BCUT2D eigenvalue weighted by atomic mass is 16.5. The van der Waals surface area contributed by atoms with Crippen molar-refractivity contribution in [2.45, 2.75) is 51.8 Å². The summed E-state index contributed by atoms with van der Waals surface area (Å²) in [7, 11) is 3.28. The number of amides is 1. The van der Waals surface area contributed by atoms with Gasteiger partial charge in [0.2, 0.25) is 11.8 Å². The molecule has 0 aliphatic carbocycles. The molecule has 1 N–H and O–H groups in total. The first-order chi connectivity index (χ1) is 18.4. The van der Waals surface area contributed by atoms with Crippen LogP contribution in [0.25, 0.3) is 22.6 Å². The van der Waals surface area contributed by atoms with E-state index in [4.69, 9.17) is 14.2 Å². The summed E-state index contributed by atoms with van der Waals surface area (Å²) in [5.74, 6) is 0.788. The van der Waals surface area contributed by atoms with Gasteiger partial charge < -0.3 is 24.4 Å². The first kappa shape index (κ1) is 27.5. The second-order valence-electron chi connectivity index (χ2n) is 9.64. The third-order valence-electron chi connectivity index (χ3n) is 6.45. The number of aromatic nitrogens is 4. The van der Waals surface area contributed by atoms with Crippen LogP contribution in [-0.4, -0.2) is 82.9 Å². The molecule has 38 heavy (non-hydrogen) atoms. The Morgan fingerprint density at radius 1 is 1.18 bits per heavy atom. The van der Waals surface area contributed by atoms with Crippen molar-refractivity contribution in [2.75, 3.05) is 40.5 Å². The van der Waals surface area contributed by atoms with Crippen LogP contribution >= 0.6 is 0 Å². The third-order valence-corrected chi connectivity index (χ3v) is 6.45. The highest BCUT2D eigenvalue weighted by molar-refractivity contribution is 5.80. The fourth-order valence-electron chi connectivity index (χ4n) is 4.52. The Labute approximate surface area is 222 Å². The lowest BCUT2D eigenvalue weighted by Crippen LogP contribution is -2.37. The number of likely N-dealkylation sites (tertiary alicyclic amines) is 1. The summed E-state index contributed by atoms with van der Waals surface area (Å²) >= 11 is 0. The summed E-state index contributed by atoms with van der Waals surface area (Å²) in [6.07, 6.45) is 4.88. The van der Waals surface area contributed by atoms with E-state index in [9.17, 15) is 9.59 Å². The lowest BCUT2D eigenvalue weighted by molar-refractivity contribution is -0.122. The molecule has 0 spiro atoms. The van der Waals surface area contributed by atoms with Gasteiger partial charge in [-0.1, -0.05) is 6.07 Å². The van der Waals surface area contributed by atoms with Gasteiger partial charge in [-0.05, 0) is 45.2 Å². The fourth-order valence-corrected chi connectivity index (χ4v) is 4.52. The Bertz CT molecular complexity index is 1300. The summed E-state index contributed by atoms with van der Waals surface area (Å²) in [4.78, 5) is 42.1. The molecule has 1 saturated heterocycles. The number of methoxy groups -OCH3 is 2. The van der Waals surface area contributed by atoms with Gasteiger partial charge in [-0.2, -0.15) is 0 Å². The number of hydrogen-bond acceptors (Lipinski definition) is 9. The predicted octanol–water partition coefficient (Wildman–Crippen LogP) is 2.27. The highest BCUT2D eigenvalue weighted by Crippen LogP contribution is 2.21. The van der Waals surface area contributed by atoms with E-state index in [-0.39, 0.29) is 35.4 Å². The van der Waals surface area contributed by atoms with E-state index in [1.807, 2.05) is 13.8 Å². The third kappa shape index (κ3) is 6.84. The van der Waals surface area contributed by atoms with Gasteiger partial charge in [0.25, 0.3) is 5.56 Å². The molecule has 1 amide bonds. The van der Waals surface area contributed by atoms with Gasteiger partial charge in [0.1, 0.15) is 18.0 Å². The van der Waals surface area contributed by atoms with Crippen LogP contribution in [0.3, 0.4) is 0 Å². The van der Waals surface area contributed by atoms with Gasteiger partial charge in [0.05, 0.1) is 31.4 Å². The first-order valence-corrected chi connectivity index (χ1v) is 13.0. The molecule has 0 saturated carbocycles. The molecule has 1 aliphatic heterocycles. The lowest BCUT2D eigenvalue weighted by Gasteiger charge is -2.31. The largest absolute Gasteiger partial charge is 0.492 e. The summed E-state index contributed by atoms with van der Waals surface area (Å²) < 4.78 is 17.9. The van der Waals surface area contributed by atoms with E-state index in [0.717, 1.165) is 38.9 Å². The van der Waals surface area contributed by atoms with Crippen LogP contribution in [0.5, 0.6) is 11.6 Å². The van der Waals surface area contributed by atoms with Crippen molar-refractivity contribution < 1.29 is 19.0 Å². The maximum atomic E-state index is 13.6. The molecule has 0 aromatic carbocycles. The topological polar surface area (TPSA) is 121 Å². The number of rotatable bonds is 11. The molecule has 0 bridgehead atoms. The van der Waals surface area contributed by atoms with Crippen LogP contribution in [0, 0.1) is 0 Å². The molecule has 1 fully saturated rings. The van der Waals surface area contributed by atoms with Crippen molar-refractivity contribution in [2.24, 2.45) is 0 Å². The number of carbonyl (C=O) groups is 1. The molecule has 4 heterocycles. The zero-order valence-corrected chi connectivity index (χ0v) is 22.5. The van der Waals surface area contributed by atoms with Gasteiger partial charge >= 0.3 is 0 Å². The Balaban J connectivity index is 1.54. The monoisotopic (exact) mass is 524 g/mol. The van der Waals surface area contributed by atoms with Gasteiger partial charge in [-0.25, -0.2) is 15.0 Å². The second kappa shape index (κ2) is 12.8. The first-order valence-electron chi connectivity index (χ1n) is 13.0. The van der Waals surface area contributed by atoms with Gasteiger partial charge in [-0.3, -0.25) is 14.2 Å². The van der Waals surface area contributed by atoms with Crippen molar-refractivity contribution in [3.63, 3.8) is 0 Å². The second-order valence-corrected chi connectivity index (χ2v) is 9.64. The predicted molar refractivity (Wildman–Crippen MR) is 143 cm³/mol. The SMILES string of the molecule is COc1cccc(-c2nc3ncc(OCCCN4CCC(OC)CC4)cc3c(=O)n2CC(=O)NC(C)C)n1. The molecule has 0 unspecified atom stereocenters. The molecule has 11 heteroatoms. The minimum atomic E-state index is -0.396. The van der Waals surface area contributed by atoms with E-state index in [0.29, 0.717) is 30.0 Å². The maximum absolute atomic E-state index is 13.6. The minimum absolute atomic E-state index is 0.0713. The normalized spacial score (nSPS) is 14.7. The van der Waals surface area contributed by atoms with Gasteiger partial charge in [-0.15, -0.1) is 0 Å². The average Bonchev–Trinajstić information content (AvgIpc) is 2.92. The number of carbonyl (C=O) groups excluding carboxylic acids is 1. The Hall–Kier alpha value is -3.57. The number of nitrogens with one attached hydrogen (secondary N) is 1. The average molecular weight is 525 g/mol.